The van der Waals surface area contributed by atoms with Crippen molar-refractivity contribution in [2.24, 2.45) is 0 Å². The molecule has 0 bridgehead atoms. The molecular weight excluding hydrogens is 360 g/mol. The summed E-state index contributed by atoms with van der Waals surface area (Å²) in [7, 11) is 1.34. The van der Waals surface area contributed by atoms with Gasteiger partial charge >= 0.3 is 6.61 Å². The van der Waals surface area contributed by atoms with E-state index in [2.05, 4.69) is 10.1 Å². The molecule has 128 valence electrons. The van der Waals surface area contributed by atoms with Crippen LogP contribution in [0.25, 0.3) is 0 Å². The van der Waals surface area contributed by atoms with Gasteiger partial charge in [-0.05, 0) is 36.4 Å². The van der Waals surface area contributed by atoms with Crippen LogP contribution in [0.5, 0.6) is 11.5 Å². The van der Waals surface area contributed by atoms with Crippen molar-refractivity contribution in [3.8, 4) is 11.5 Å². The maximum Gasteiger partial charge on any atom is 0.387 e. The van der Waals surface area contributed by atoms with Gasteiger partial charge in [0, 0.05) is 21.7 Å². The number of amides is 1. The van der Waals surface area contributed by atoms with Crippen molar-refractivity contribution >= 4 is 35.0 Å². The lowest BCUT2D eigenvalue weighted by Gasteiger charge is -2.12. The van der Waals surface area contributed by atoms with Gasteiger partial charge in [-0.15, -0.1) is 11.8 Å². The monoisotopic (exact) mass is 373 g/mol. The standard InChI is InChI=1S/C16H14ClF2NO3S/c1-22-13-7-4-11(8-14(13)23-16(18)19)20-15(21)9-24-12-5-2-10(17)3-6-12/h2-8,16H,9H2,1H3,(H,20,21). The quantitative estimate of drug-likeness (QED) is 0.716. The number of halogens is 3. The normalized spacial score (nSPS) is 10.5. The molecule has 0 atom stereocenters. The highest BCUT2D eigenvalue weighted by Gasteiger charge is 2.12. The number of carbonyl (C=O) groups is 1. The molecule has 0 unspecified atom stereocenters. The van der Waals surface area contributed by atoms with E-state index >= 15 is 0 Å². The zero-order chi connectivity index (χ0) is 17.5. The zero-order valence-electron chi connectivity index (χ0n) is 12.6. The Kier molecular flexibility index (Phi) is 6.69. The van der Waals surface area contributed by atoms with Crippen LogP contribution in [0.2, 0.25) is 5.02 Å². The fourth-order valence-corrected chi connectivity index (χ4v) is 2.64. The summed E-state index contributed by atoms with van der Waals surface area (Å²) in [6, 6.07) is 11.4. The minimum absolute atomic E-state index is 0.143. The van der Waals surface area contributed by atoms with Gasteiger partial charge in [-0.2, -0.15) is 8.78 Å². The number of anilines is 1. The van der Waals surface area contributed by atoms with Crippen molar-refractivity contribution in [1.29, 1.82) is 0 Å². The van der Waals surface area contributed by atoms with Crippen LogP contribution in [0, 0.1) is 0 Å². The maximum atomic E-state index is 12.4. The zero-order valence-corrected chi connectivity index (χ0v) is 14.2. The molecule has 0 heterocycles. The minimum Gasteiger partial charge on any atom is -0.493 e. The maximum absolute atomic E-state index is 12.4. The van der Waals surface area contributed by atoms with Crippen LogP contribution in [-0.2, 0) is 4.79 Å². The average molecular weight is 374 g/mol. The van der Waals surface area contributed by atoms with E-state index in [9.17, 15) is 13.6 Å². The van der Waals surface area contributed by atoms with E-state index in [4.69, 9.17) is 16.3 Å². The van der Waals surface area contributed by atoms with Crippen LogP contribution >= 0.6 is 23.4 Å². The van der Waals surface area contributed by atoms with Crippen molar-refractivity contribution in [3.63, 3.8) is 0 Å². The molecule has 1 N–H and O–H groups in total. The summed E-state index contributed by atoms with van der Waals surface area (Å²) >= 11 is 7.13. The van der Waals surface area contributed by atoms with Gasteiger partial charge in [0.05, 0.1) is 12.9 Å². The van der Waals surface area contributed by atoms with Crippen molar-refractivity contribution in [2.45, 2.75) is 11.5 Å². The molecule has 0 saturated heterocycles. The third-order valence-electron chi connectivity index (χ3n) is 2.85. The molecule has 24 heavy (non-hydrogen) atoms. The molecule has 1 amide bonds. The fourth-order valence-electron chi connectivity index (χ4n) is 1.82. The second-order valence-corrected chi connectivity index (χ2v) is 6.02. The van der Waals surface area contributed by atoms with Gasteiger partial charge in [-0.3, -0.25) is 4.79 Å². The molecule has 2 rings (SSSR count). The molecular formula is C16H14ClF2NO3S. The summed E-state index contributed by atoms with van der Waals surface area (Å²) in [6.07, 6.45) is 0. The molecule has 2 aromatic carbocycles. The predicted molar refractivity (Wildman–Crippen MR) is 90.4 cm³/mol. The van der Waals surface area contributed by atoms with Gasteiger partial charge < -0.3 is 14.8 Å². The summed E-state index contributed by atoms with van der Waals surface area (Å²) in [6.45, 7) is -2.98. The summed E-state index contributed by atoms with van der Waals surface area (Å²) in [5, 5.41) is 3.24. The van der Waals surface area contributed by atoms with E-state index in [0.29, 0.717) is 10.7 Å². The molecule has 0 radical (unpaired) electrons. The first-order valence-corrected chi connectivity index (χ1v) is 8.15. The van der Waals surface area contributed by atoms with Crippen LogP contribution in [-0.4, -0.2) is 25.4 Å². The Morgan fingerprint density at radius 1 is 1.21 bits per heavy atom. The van der Waals surface area contributed by atoms with Crippen molar-refractivity contribution in [1.82, 2.24) is 0 Å². The number of rotatable bonds is 7. The highest BCUT2D eigenvalue weighted by molar-refractivity contribution is 8.00. The van der Waals surface area contributed by atoms with Crippen LogP contribution < -0.4 is 14.8 Å². The molecule has 4 nitrogen and oxygen atoms in total. The minimum atomic E-state index is -2.98. The number of ether oxygens (including phenoxy) is 2. The second-order valence-electron chi connectivity index (χ2n) is 4.53. The molecule has 0 aromatic heterocycles. The molecule has 8 heteroatoms. The van der Waals surface area contributed by atoms with Gasteiger partial charge in [0.2, 0.25) is 5.91 Å². The van der Waals surface area contributed by atoms with Gasteiger partial charge in [-0.25, -0.2) is 0 Å². The summed E-state index contributed by atoms with van der Waals surface area (Å²) in [5.74, 6) is -0.0961. The molecule has 0 fully saturated rings. The highest BCUT2D eigenvalue weighted by Crippen LogP contribution is 2.31. The first-order chi connectivity index (χ1) is 11.5. The van der Waals surface area contributed by atoms with E-state index in [0.717, 1.165) is 4.90 Å². The number of methoxy groups -OCH3 is 1. The summed E-state index contributed by atoms with van der Waals surface area (Å²) < 4.78 is 34.1. The number of thioether (sulfide) groups is 1. The number of carbonyl (C=O) groups excluding carboxylic acids is 1. The van der Waals surface area contributed by atoms with Crippen molar-refractivity contribution < 1.29 is 23.0 Å². The number of hydrogen-bond donors (Lipinski definition) is 1. The van der Waals surface area contributed by atoms with E-state index in [1.165, 1.54) is 31.0 Å². The Morgan fingerprint density at radius 2 is 1.92 bits per heavy atom. The fraction of sp³-hybridized carbons (Fsp3) is 0.188. The van der Waals surface area contributed by atoms with Crippen molar-refractivity contribution in [3.05, 3.63) is 47.5 Å². The second kappa shape index (κ2) is 8.75. The smallest absolute Gasteiger partial charge is 0.387 e. The molecule has 0 spiro atoms. The van der Waals surface area contributed by atoms with Gasteiger partial charge in [-0.1, -0.05) is 11.6 Å². The highest BCUT2D eigenvalue weighted by atomic mass is 35.5. The van der Waals surface area contributed by atoms with Crippen LogP contribution in [0.3, 0.4) is 0 Å². The van der Waals surface area contributed by atoms with Gasteiger partial charge in [0.1, 0.15) is 0 Å². The summed E-state index contributed by atoms with van der Waals surface area (Å²) in [5.41, 5.74) is 0.341. The van der Waals surface area contributed by atoms with Gasteiger partial charge in [0.15, 0.2) is 11.5 Å². The average Bonchev–Trinajstić information content (AvgIpc) is 2.54. The van der Waals surface area contributed by atoms with Crippen LogP contribution in [0.4, 0.5) is 14.5 Å². The molecule has 2 aromatic rings. The third-order valence-corrected chi connectivity index (χ3v) is 4.11. The van der Waals surface area contributed by atoms with Crippen molar-refractivity contribution in [2.75, 3.05) is 18.2 Å². The largest absolute Gasteiger partial charge is 0.493 e. The molecule has 0 aliphatic rings. The molecule has 0 aliphatic heterocycles. The number of benzene rings is 2. The van der Waals surface area contributed by atoms with E-state index in [-0.39, 0.29) is 23.2 Å². The lowest BCUT2D eigenvalue weighted by atomic mass is 10.2. The Bertz CT molecular complexity index is 698. The Balaban J connectivity index is 1.96. The van der Waals surface area contributed by atoms with E-state index < -0.39 is 6.61 Å². The number of nitrogens with one attached hydrogen (secondary N) is 1. The number of hydrogen-bond acceptors (Lipinski definition) is 4. The van der Waals surface area contributed by atoms with E-state index in [1.807, 2.05) is 12.1 Å². The molecule has 0 saturated carbocycles. The first-order valence-electron chi connectivity index (χ1n) is 6.79. The number of alkyl halides is 2. The van der Waals surface area contributed by atoms with Crippen LogP contribution in [0.1, 0.15) is 0 Å². The van der Waals surface area contributed by atoms with Gasteiger partial charge in [0.25, 0.3) is 0 Å². The summed E-state index contributed by atoms with van der Waals surface area (Å²) in [4.78, 5) is 12.9. The lowest BCUT2D eigenvalue weighted by molar-refractivity contribution is -0.113. The predicted octanol–water partition coefficient (Wildman–Crippen LogP) is 4.68. The Labute approximate surface area is 147 Å². The Hall–Kier alpha value is -1.99. The Morgan fingerprint density at radius 3 is 2.54 bits per heavy atom. The topological polar surface area (TPSA) is 47.6 Å². The molecule has 0 aliphatic carbocycles. The lowest BCUT2D eigenvalue weighted by Crippen LogP contribution is -2.14. The SMILES string of the molecule is COc1ccc(NC(=O)CSc2ccc(Cl)cc2)cc1OC(F)F. The first kappa shape index (κ1) is 18.4. The van der Waals surface area contributed by atoms with Crippen LogP contribution in [0.15, 0.2) is 47.4 Å². The van der Waals surface area contributed by atoms with E-state index in [1.54, 1.807) is 18.2 Å². The third kappa shape index (κ3) is 5.58.